The normalized spacial score (nSPS) is 18.0. The molecule has 0 aliphatic heterocycles. The number of nitrogens with zero attached hydrogens (tertiary/aromatic N) is 6. The lowest BCUT2D eigenvalue weighted by Gasteiger charge is -2.27. The van der Waals surface area contributed by atoms with E-state index in [2.05, 4.69) is 30.4 Å². The molecule has 180 valence electrons. The number of aryl methyl sites for hydroxylation is 2. The van der Waals surface area contributed by atoms with Gasteiger partial charge in [-0.15, -0.1) is 0 Å². The topological polar surface area (TPSA) is 137 Å². The first kappa shape index (κ1) is 23.4. The van der Waals surface area contributed by atoms with E-state index in [4.69, 9.17) is 9.47 Å². The van der Waals surface area contributed by atoms with E-state index in [1.54, 1.807) is 36.4 Å². The van der Waals surface area contributed by atoms with Gasteiger partial charge in [0, 0.05) is 19.3 Å². The minimum atomic E-state index is -0.765. The summed E-state index contributed by atoms with van der Waals surface area (Å²) in [6.07, 6.45) is 7.60. The summed E-state index contributed by atoms with van der Waals surface area (Å²) in [7, 11) is 1.80. The summed E-state index contributed by atoms with van der Waals surface area (Å²) < 4.78 is 13.4. The van der Waals surface area contributed by atoms with E-state index in [1.807, 2.05) is 20.8 Å². The summed E-state index contributed by atoms with van der Waals surface area (Å²) >= 11 is 0. The molecule has 1 aliphatic carbocycles. The van der Waals surface area contributed by atoms with Crippen LogP contribution in [0.5, 0.6) is 11.6 Å². The first-order valence-corrected chi connectivity index (χ1v) is 11.3. The van der Waals surface area contributed by atoms with Crippen LogP contribution in [0.25, 0.3) is 11.4 Å². The molecular weight excluding hydrogens is 438 g/mol. The first-order valence-electron chi connectivity index (χ1n) is 11.3. The van der Waals surface area contributed by atoms with Gasteiger partial charge < -0.3 is 19.9 Å². The Morgan fingerprint density at radius 2 is 2.06 bits per heavy atom. The number of rotatable bonds is 8. The molecule has 0 amide bonds. The number of nitrogens with one attached hydrogen (secondary N) is 1. The van der Waals surface area contributed by atoms with E-state index in [0.717, 1.165) is 12.8 Å². The van der Waals surface area contributed by atoms with Gasteiger partial charge in [-0.25, -0.2) is 15.0 Å². The van der Waals surface area contributed by atoms with Crippen LogP contribution < -0.4 is 14.8 Å². The zero-order valence-electron chi connectivity index (χ0n) is 19.7. The van der Waals surface area contributed by atoms with Crippen molar-refractivity contribution in [1.82, 2.24) is 29.7 Å². The van der Waals surface area contributed by atoms with Crippen molar-refractivity contribution in [2.75, 3.05) is 5.32 Å². The predicted octanol–water partition coefficient (Wildman–Crippen LogP) is 3.53. The number of carbonyl (C=O) groups is 1. The fourth-order valence-electron chi connectivity index (χ4n) is 3.92. The van der Waals surface area contributed by atoms with Gasteiger partial charge >= 0.3 is 5.97 Å². The van der Waals surface area contributed by atoms with Crippen LogP contribution in [-0.2, 0) is 11.8 Å². The maximum absolute atomic E-state index is 11.3. The third-order valence-electron chi connectivity index (χ3n) is 5.60. The van der Waals surface area contributed by atoms with E-state index in [9.17, 15) is 9.90 Å². The SMILES string of the molecule is Cc1nc(-c2cnn(C)c2Nc2nccc(OC(C)C)n2)ncc1O[C@H]1CCC[C@H](C(=O)O)C1. The molecule has 0 radical (unpaired) electrons. The summed E-state index contributed by atoms with van der Waals surface area (Å²) in [5, 5.41) is 16.8. The number of aromatic nitrogens is 6. The Kier molecular flexibility index (Phi) is 6.90. The summed E-state index contributed by atoms with van der Waals surface area (Å²) in [5.74, 6) is 1.37. The van der Waals surface area contributed by atoms with Crippen molar-refractivity contribution >= 4 is 17.7 Å². The molecule has 4 rings (SSSR count). The lowest BCUT2D eigenvalue weighted by molar-refractivity contribution is -0.143. The third kappa shape index (κ3) is 5.41. The summed E-state index contributed by atoms with van der Waals surface area (Å²) in [5.41, 5.74) is 1.35. The van der Waals surface area contributed by atoms with Crippen LogP contribution in [0.2, 0.25) is 0 Å². The van der Waals surface area contributed by atoms with Crippen molar-refractivity contribution in [3.63, 3.8) is 0 Å². The Hall–Kier alpha value is -3.76. The number of ether oxygens (including phenoxy) is 2. The van der Waals surface area contributed by atoms with Crippen molar-refractivity contribution in [1.29, 1.82) is 0 Å². The molecule has 3 aromatic heterocycles. The van der Waals surface area contributed by atoms with Crippen LogP contribution in [0.1, 0.15) is 45.2 Å². The molecule has 1 saturated carbocycles. The van der Waals surface area contributed by atoms with Gasteiger partial charge in [-0.05, 0) is 46.5 Å². The number of aliphatic carboxylic acids is 1. The standard InChI is InChI=1S/C23H29N7O4/c1-13(2)33-19-8-9-24-23(28-19)29-21-17(11-26-30(21)4)20-25-12-18(14(3)27-20)34-16-7-5-6-15(10-16)22(31)32/h8-9,11-13,15-16H,5-7,10H2,1-4H3,(H,31,32)(H,24,28,29)/t15-,16-/m0/s1. The second-order valence-corrected chi connectivity index (χ2v) is 8.63. The quantitative estimate of drug-likeness (QED) is 0.506. The summed E-state index contributed by atoms with van der Waals surface area (Å²) in [4.78, 5) is 29.1. The van der Waals surface area contributed by atoms with E-state index >= 15 is 0 Å². The van der Waals surface area contributed by atoms with Gasteiger partial charge in [0.15, 0.2) is 11.6 Å². The Morgan fingerprint density at radius 1 is 1.24 bits per heavy atom. The Bertz CT molecular complexity index is 1160. The van der Waals surface area contributed by atoms with E-state index < -0.39 is 5.97 Å². The minimum absolute atomic E-state index is 0.00394. The highest BCUT2D eigenvalue weighted by Gasteiger charge is 2.28. The van der Waals surface area contributed by atoms with Crippen LogP contribution in [0.3, 0.4) is 0 Å². The van der Waals surface area contributed by atoms with Gasteiger partial charge in [0.25, 0.3) is 0 Å². The molecule has 34 heavy (non-hydrogen) atoms. The number of anilines is 2. The first-order chi connectivity index (χ1) is 16.3. The van der Waals surface area contributed by atoms with Crippen LogP contribution in [0, 0.1) is 12.8 Å². The number of carboxylic acids is 1. The molecule has 0 spiro atoms. The van der Waals surface area contributed by atoms with E-state index in [0.29, 0.717) is 53.3 Å². The van der Waals surface area contributed by atoms with Crippen LogP contribution in [0.15, 0.2) is 24.7 Å². The zero-order valence-corrected chi connectivity index (χ0v) is 19.7. The molecule has 11 heteroatoms. The van der Waals surface area contributed by atoms with Crippen LogP contribution in [0.4, 0.5) is 11.8 Å². The molecule has 0 unspecified atom stereocenters. The second-order valence-electron chi connectivity index (χ2n) is 8.63. The second kappa shape index (κ2) is 10.0. The fourth-order valence-corrected chi connectivity index (χ4v) is 3.92. The van der Waals surface area contributed by atoms with Gasteiger partial charge in [0.1, 0.15) is 5.82 Å². The number of hydrogen-bond donors (Lipinski definition) is 2. The molecule has 1 aliphatic rings. The van der Waals surface area contributed by atoms with Gasteiger partial charge in [-0.1, -0.05) is 0 Å². The molecular formula is C23H29N7O4. The summed E-state index contributed by atoms with van der Waals surface area (Å²) in [6, 6.07) is 1.70. The Labute approximate surface area is 197 Å². The van der Waals surface area contributed by atoms with Gasteiger partial charge in [-0.3, -0.25) is 9.48 Å². The predicted molar refractivity (Wildman–Crippen MR) is 124 cm³/mol. The smallest absolute Gasteiger partial charge is 0.306 e. The number of hydrogen-bond acceptors (Lipinski definition) is 9. The molecule has 3 heterocycles. The Balaban J connectivity index is 1.52. The molecule has 0 aromatic carbocycles. The summed E-state index contributed by atoms with van der Waals surface area (Å²) in [6.45, 7) is 5.71. The van der Waals surface area contributed by atoms with E-state index in [1.165, 1.54) is 0 Å². The molecule has 2 N–H and O–H groups in total. The van der Waals surface area contributed by atoms with E-state index in [-0.39, 0.29) is 18.1 Å². The van der Waals surface area contributed by atoms with Crippen LogP contribution >= 0.6 is 0 Å². The van der Waals surface area contributed by atoms with Gasteiger partial charge in [0.2, 0.25) is 11.8 Å². The minimum Gasteiger partial charge on any atom is -0.487 e. The lowest BCUT2D eigenvalue weighted by Crippen LogP contribution is -2.29. The molecule has 0 bridgehead atoms. The van der Waals surface area contributed by atoms with Crippen LogP contribution in [-0.4, -0.2) is 53.0 Å². The molecule has 1 fully saturated rings. The zero-order chi connectivity index (χ0) is 24.2. The monoisotopic (exact) mass is 467 g/mol. The lowest BCUT2D eigenvalue weighted by atomic mass is 9.87. The highest BCUT2D eigenvalue weighted by Crippen LogP contribution is 2.31. The highest BCUT2D eigenvalue weighted by molar-refractivity contribution is 5.73. The maximum atomic E-state index is 11.3. The maximum Gasteiger partial charge on any atom is 0.306 e. The average molecular weight is 468 g/mol. The largest absolute Gasteiger partial charge is 0.487 e. The van der Waals surface area contributed by atoms with Gasteiger partial charge in [0.05, 0.1) is 41.8 Å². The molecule has 2 atom stereocenters. The van der Waals surface area contributed by atoms with Crippen molar-refractivity contribution in [3.05, 3.63) is 30.4 Å². The molecule has 3 aromatic rings. The van der Waals surface area contributed by atoms with Crippen molar-refractivity contribution in [2.24, 2.45) is 13.0 Å². The van der Waals surface area contributed by atoms with Crippen molar-refractivity contribution in [3.8, 4) is 23.0 Å². The molecule has 11 nitrogen and oxygen atoms in total. The van der Waals surface area contributed by atoms with Crippen molar-refractivity contribution in [2.45, 2.75) is 58.7 Å². The molecule has 0 saturated heterocycles. The average Bonchev–Trinajstić information content (AvgIpc) is 3.15. The van der Waals surface area contributed by atoms with Crippen molar-refractivity contribution < 1.29 is 19.4 Å². The highest BCUT2D eigenvalue weighted by atomic mass is 16.5. The Morgan fingerprint density at radius 3 is 2.79 bits per heavy atom. The fraction of sp³-hybridized carbons (Fsp3) is 0.478. The third-order valence-corrected chi connectivity index (χ3v) is 5.60. The van der Waals surface area contributed by atoms with Gasteiger partial charge in [-0.2, -0.15) is 10.1 Å². The number of carboxylic acid groups (broad SMARTS) is 1.